The van der Waals surface area contributed by atoms with Gasteiger partial charge >= 0.3 is 13.8 Å². The van der Waals surface area contributed by atoms with Crippen molar-refractivity contribution >= 4 is 19.9 Å². The molecule has 0 aliphatic rings. The Morgan fingerprint density at radius 2 is 1.72 bits per heavy atom. The zero-order valence-corrected chi connectivity index (χ0v) is 12.1. The minimum atomic E-state index is -3.82. The predicted molar refractivity (Wildman–Crippen MR) is 65.9 cm³/mol. The number of aliphatic imine (C=N–C) groups is 1. The number of amides is 2. The van der Waals surface area contributed by atoms with Gasteiger partial charge in [-0.25, -0.2) is 18.8 Å². The van der Waals surface area contributed by atoms with Crippen LogP contribution in [0.4, 0.5) is 4.79 Å². The Morgan fingerprint density at radius 3 is 2.00 bits per heavy atom. The highest BCUT2D eigenvalue weighted by molar-refractivity contribution is 7.52. The Hall–Kier alpha value is -1.00. The lowest BCUT2D eigenvalue weighted by molar-refractivity contribution is 0.113. The molecule has 0 atom stereocenters. The molecule has 104 valence electrons. The molecular weight excluding hydrogens is 259 g/mol. The van der Waals surface area contributed by atoms with E-state index in [4.69, 9.17) is 9.05 Å². The maximum Gasteiger partial charge on any atom is 0.439 e. The summed E-state index contributed by atoms with van der Waals surface area (Å²) < 4.78 is 23.8. The molecule has 0 bridgehead atoms. The van der Waals surface area contributed by atoms with Crippen molar-refractivity contribution in [1.82, 2.24) is 4.67 Å². The van der Waals surface area contributed by atoms with Crippen LogP contribution in [0.2, 0.25) is 0 Å². The van der Waals surface area contributed by atoms with Gasteiger partial charge in [-0.2, -0.15) is 0 Å². The predicted octanol–water partition coefficient (Wildman–Crippen LogP) is 2.72. The molecule has 8 heteroatoms. The van der Waals surface area contributed by atoms with Crippen molar-refractivity contribution in [2.75, 3.05) is 6.54 Å². The molecule has 0 saturated carbocycles. The maximum absolute atomic E-state index is 12.6. The molecule has 0 fully saturated rings. The van der Waals surface area contributed by atoms with Crippen LogP contribution >= 0.6 is 7.75 Å². The van der Waals surface area contributed by atoms with Gasteiger partial charge in [-0.1, -0.05) is 0 Å². The molecule has 0 saturated heterocycles. The molecule has 0 rings (SSSR count). The first-order chi connectivity index (χ1) is 8.26. The third-order valence-corrected chi connectivity index (χ3v) is 4.07. The summed E-state index contributed by atoms with van der Waals surface area (Å²) in [5.74, 6) is 0. The number of carbonyl (C=O) groups is 1. The fourth-order valence-electron chi connectivity index (χ4n) is 1.18. The van der Waals surface area contributed by atoms with Crippen LogP contribution in [0.15, 0.2) is 4.99 Å². The first kappa shape index (κ1) is 17.0. The van der Waals surface area contributed by atoms with Crippen LogP contribution in [-0.2, 0) is 18.4 Å². The van der Waals surface area contributed by atoms with Gasteiger partial charge in [0.15, 0.2) is 0 Å². The monoisotopic (exact) mass is 278 g/mol. The molecule has 0 radical (unpaired) electrons. The first-order valence-electron chi connectivity index (χ1n) is 5.63. The van der Waals surface area contributed by atoms with Crippen LogP contribution in [-0.4, -0.2) is 35.5 Å². The van der Waals surface area contributed by atoms with Crippen molar-refractivity contribution in [1.29, 1.82) is 0 Å². The van der Waals surface area contributed by atoms with Crippen LogP contribution in [0.1, 0.15) is 34.6 Å². The molecule has 0 aliphatic heterocycles. The topological polar surface area (TPSA) is 85.3 Å². The van der Waals surface area contributed by atoms with Crippen molar-refractivity contribution in [2.24, 2.45) is 4.99 Å². The zero-order valence-electron chi connectivity index (χ0n) is 11.2. The molecule has 0 aromatic carbocycles. The molecular formula is C10H19N2O5P. The average Bonchev–Trinajstić information content (AvgIpc) is 2.15. The van der Waals surface area contributed by atoms with Gasteiger partial charge in [0, 0.05) is 6.54 Å². The van der Waals surface area contributed by atoms with E-state index < -0.39 is 26.0 Å². The normalized spacial score (nSPS) is 11.5. The van der Waals surface area contributed by atoms with Gasteiger partial charge in [0.25, 0.3) is 0 Å². The summed E-state index contributed by atoms with van der Waals surface area (Å²) in [5.41, 5.74) is 0. The van der Waals surface area contributed by atoms with Crippen molar-refractivity contribution in [3.8, 4) is 0 Å². The fraction of sp³-hybridized carbons (Fsp3) is 0.800. The number of hydrogen-bond donors (Lipinski definition) is 0. The first-order valence-corrected chi connectivity index (χ1v) is 7.13. The van der Waals surface area contributed by atoms with Crippen molar-refractivity contribution in [3.63, 3.8) is 0 Å². The van der Waals surface area contributed by atoms with E-state index in [1.54, 1.807) is 34.6 Å². The summed E-state index contributed by atoms with van der Waals surface area (Å²) in [7, 11) is -3.82. The second kappa shape index (κ2) is 7.44. The summed E-state index contributed by atoms with van der Waals surface area (Å²) in [4.78, 5) is 24.6. The molecule has 7 nitrogen and oxygen atoms in total. The summed E-state index contributed by atoms with van der Waals surface area (Å²) in [6, 6.07) is -0.989. The van der Waals surface area contributed by atoms with Crippen molar-refractivity contribution in [2.45, 2.75) is 46.8 Å². The van der Waals surface area contributed by atoms with Gasteiger partial charge in [0.1, 0.15) is 0 Å². The van der Waals surface area contributed by atoms with Crippen LogP contribution in [0, 0.1) is 0 Å². The van der Waals surface area contributed by atoms with E-state index in [0.717, 1.165) is 10.8 Å². The van der Waals surface area contributed by atoms with Crippen LogP contribution in [0.3, 0.4) is 0 Å². The Balaban J connectivity index is 5.31. The molecule has 0 spiro atoms. The lowest BCUT2D eigenvalue weighted by Gasteiger charge is -2.29. The standard InChI is InChI=1S/C10H19N2O5P/c1-6-12(10(14)11-7-13)18(15,16-8(2)3)17-9(4)5/h8-9H,6H2,1-5H3. The number of rotatable bonds is 6. The van der Waals surface area contributed by atoms with Gasteiger partial charge in [0.05, 0.1) is 12.2 Å². The van der Waals surface area contributed by atoms with Crippen LogP contribution < -0.4 is 0 Å². The highest BCUT2D eigenvalue weighted by Gasteiger charge is 2.38. The van der Waals surface area contributed by atoms with Gasteiger partial charge in [-0.3, -0.25) is 9.05 Å². The Kier molecular flexibility index (Phi) is 7.02. The molecule has 18 heavy (non-hydrogen) atoms. The average molecular weight is 278 g/mol. The van der Waals surface area contributed by atoms with Crippen molar-refractivity contribution in [3.05, 3.63) is 0 Å². The number of urea groups is 1. The molecule has 0 aromatic rings. The summed E-state index contributed by atoms with van der Waals surface area (Å²) in [6.07, 6.45) is 0.301. The van der Waals surface area contributed by atoms with E-state index in [2.05, 4.69) is 4.99 Å². The van der Waals surface area contributed by atoms with E-state index in [1.165, 1.54) is 0 Å². The van der Waals surface area contributed by atoms with Crippen LogP contribution in [0.5, 0.6) is 0 Å². The van der Waals surface area contributed by atoms with Crippen molar-refractivity contribution < 1.29 is 23.2 Å². The number of nitrogens with zero attached hydrogens (tertiary/aromatic N) is 2. The lowest BCUT2D eigenvalue weighted by atomic mass is 10.5. The molecule has 0 N–H and O–H groups in total. The fourth-order valence-corrected chi connectivity index (χ4v) is 3.13. The van der Waals surface area contributed by atoms with E-state index in [1.807, 2.05) is 0 Å². The Morgan fingerprint density at radius 1 is 1.28 bits per heavy atom. The van der Waals surface area contributed by atoms with E-state index >= 15 is 0 Å². The van der Waals surface area contributed by atoms with E-state index in [9.17, 15) is 14.2 Å². The highest BCUT2D eigenvalue weighted by atomic mass is 31.2. The molecule has 0 aliphatic carbocycles. The second-order valence-electron chi connectivity index (χ2n) is 3.98. The zero-order chi connectivity index (χ0) is 14.3. The summed E-state index contributed by atoms with van der Waals surface area (Å²) >= 11 is 0. The van der Waals surface area contributed by atoms with Gasteiger partial charge in [0.2, 0.25) is 6.08 Å². The lowest BCUT2D eigenvalue weighted by Crippen LogP contribution is -2.29. The third-order valence-electron chi connectivity index (χ3n) is 1.65. The second-order valence-corrected chi connectivity index (χ2v) is 5.82. The van der Waals surface area contributed by atoms with Gasteiger partial charge in [-0.15, -0.1) is 4.99 Å². The summed E-state index contributed by atoms with van der Waals surface area (Å²) in [5, 5.41) is 0. The van der Waals surface area contributed by atoms with Gasteiger partial charge < -0.3 is 0 Å². The minimum Gasteiger partial charge on any atom is -0.289 e. The van der Waals surface area contributed by atoms with E-state index in [-0.39, 0.29) is 6.54 Å². The molecule has 2 amide bonds. The number of isocyanates is 1. The van der Waals surface area contributed by atoms with Crippen LogP contribution in [0.25, 0.3) is 0 Å². The SMILES string of the molecule is CCN(C(=O)N=C=O)P(=O)(OC(C)C)OC(C)C. The number of carbonyl (C=O) groups excluding carboxylic acids is 2. The smallest absolute Gasteiger partial charge is 0.289 e. The summed E-state index contributed by atoms with van der Waals surface area (Å²) in [6.45, 7) is 8.28. The Labute approximate surface area is 107 Å². The highest BCUT2D eigenvalue weighted by Crippen LogP contribution is 2.54. The number of hydrogen-bond acceptors (Lipinski definition) is 5. The Bertz CT molecular complexity index is 362. The molecule has 0 aromatic heterocycles. The van der Waals surface area contributed by atoms with E-state index in [0.29, 0.717) is 0 Å². The minimum absolute atomic E-state index is 0.0424. The van der Waals surface area contributed by atoms with Gasteiger partial charge in [-0.05, 0) is 34.6 Å². The third kappa shape index (κ3) is 5.10. The largest absolute Gasteiger partial charge is 0.439 e. The maximum atomic E-state index is 12.6. The molecule has 0 unspecified atom stereocenters. The molecule has 0 heterocycles. The quantitative estimate of drug-likeness (QED) is 0.423.